The zero-order chi connectivity index (χ0) is 30.8. The third-order valence-electron chi connectivity index (χ3n) is 10.1. The molecule has 1 aromatic carbocycles. The van der Waals surface area contributed by atoms with Crippen LogP contribution in [0.15, 0.2) is 34.3 Å². The number of hydrogen-bond donors (Lipinski definition) is 6. The molecule has 43 heavy (non-hydrogen) atoms. The van der Waals surface area contributed by atoms with E-state index >= 15 is 0 Å². The molecule has 0 spiro atoms. The number of furan rings is 1. The summed E-state index contributed by atoms with van der Waals surface area (Å²) in [7, 11) is 3.25. The summed E-state index contributed by atoms with van der Waals surface area (Å²) in [5.74, 6) is -6.35. The number of hydrogen-bond acceptors (Lipinski definition) is 10. The van der Waals surface area contributed by atoms with Gasteiger partial charge < -0.3 is 40.8 Å². The maximum Gasteiger partial charge on any atom is 0.230 e. The molecule has 3 unspecified atom stereocenters. The minimum Gasteiger partial charge on any atom is -0.507 e. The van der Waals surface area contributed by atoms with Gasteiger partial charge in [0.2, 0.25) is 11.7 Å². The smallest absolute Gasteiger partial charge is 0.230 e. The van der Waals surface area contributed by atoms with Crippen LogP contribution in [-0.4, -0.2) is 80.7 Å². The zero-order valence-electron chi connectivity index (χ0n) is 24.4. The second kappa shape index (κ2) is 10.9. The number of nitrogens with two attached hydrogens (primary N) is 1. The number of fused-ring (bicyclic) bond motifs is 3. The van der Waals surface area contributed by atoms with E-state index in [0.717, 1.165) is 18.6 Å². The maximum absolute atomic E-state index is 14.0. The highest BCUT2D eigenvalue weighted by Gasteiger charge is 2.67. The van der Waals surface area contributed by atoms with Gasteiger partial charge >= 0.3 is 0 Å². The Balaban J connectivity index is 1.38. The van der Waals surface area contributed by atoms with E-state index in [4.69, 9.17) is 10.2 Å². The van der Waals surface area contributed by atoms with Crippen molar-refractivity contribution in [2.75, 3.05) is 14.1 Å². The van der Waals surface area contributed by atoms with Crippen molar-refractivity contribution in [3.8, 4) is 17.1 Å². The first kappa shape index (κ1) is 29.6. The Morgan fingerprint density at radius 2 is 1.84 bits per heavy atom. The molecule has 3 saturated carbocycles. The highest BCUT2D eigenvalue weighted by Crippen LogP contribution is 2.53. The number of likely N-dealkylation sites (N-methyl/N-ethyl adjacent to an activating group) is 1. The molecule has 11 heteroatoms. The Hall–Kier alpha value is -3.51. The molecule has 6 atom stereocenters. The highest BCUT2D eigenvalue weighted by molar-refractivity contribution is 6.25. The number of amides is 1. The molecule has 1 heterocycles. The molecular formula is C32H39N3O8. The van der Waals surface area contributed by atoms with Gasteiger partial charge in [-0.3, -0.25) is 14.4 Å². The summed E-state index contributed by atoms with van der Waals surface area (Å²) in [5, 5.41) is 48.7. The van der Waals surface area contributed by atoms with Crippen molar-refractivity contribution in [3.05, 3.63) is 46.7 Å². The van der Waals surface area contributed by atoms with Crippen LogP contribution in [0.1, 0.15) is 55.4 Å². The van der Waals surface area contributed by atoms with Gasteiger partial charge in [0.25, 0.3) is 0 Å². The summed E-state index contributed by atoms with van der Waals surface area (Å²) in [5.41, 5.74) is 3.84. The monoisotopic (exact) mass is 593 g/mol. The SMILES string of the molecule is CN(C)C1C(O)C(C(N)=O)C(=O)[C@]2(O)C(=O)C3=C(O)c4c(O)ccc(-c5ccc(CNC6CCCCC6)o5)c4C[C@@H]3C[C@H]12. The molecule has 6 rings (SSSR count). The molecule has 0 bridgehead atoms. The van der Waals surface area contributed by atoms with Crippen LogP contribution in [0.4, 0.5) is 0 Å². The fourth-order valence-electron chi connectivity index (χ4n) is 8.00. The number of primary amides is 1. The number of phenolic OH excluding ortho intramolecular Hbond substituents is 1. The van der Waals surface area contributed by atoms with E-state index in [1.165, 1.54) is 25.3 Å². The first-order chi connectivity index (χ1) is 20.4. The molecule has 0 radical (unpaired) electrons. The number of ketones is 2. The number of aliphatic hydroxyl groups is 3. The number of benzene rings is 1. The van der Waals surface area contributed by atoms with Crippen LogP contribution in [0.3, 0.4) is 0 Å². The van der Waals surface area contributed by atoms with Gasteiger partial charge in [-0.15, -0.1) is 0 Å². The lowest BCUT2D eigenvalue weighted by molar-refractivity contribution is -0.184. The quantitative estimate of drug-likeness (QED) is 0.270. The molecular weight excluding hydrogens is 554 g/mol. The molecule has 0 saturated heterocycles. The second-order valence-electron chi connectivity index (χ2n) is 12.8. The number of Topliss-reactive ketones (excluding diaryl/α,β-unsaturated/α-hetero) is 2. The first-order valence-electron chi connectivity index (χ1n) is 15.0. The Bertz CT molecular complexity index is 1510. The van der Waals surface area contributed by atoms with Crippen LogP contribution >= 0.6 is 0 Å². The number of nitrogens with zero attached hydrogens (tertiary/aromatic N) is 1. The van der Waals surface area contributed by atoms with E-state index in [0.29, 0.717) is 29.5 Å². The normalized spacial score (nSPS) is 31.1. The third-order valence-corrected chi connectivity index (χ3v) is 10.1. The van der Waals surface area contributed by atoms with Crippen LogP contribution in [0.25, 0.3) is 17.1 Å². The molecule has 1 amide bonds. The average Bonchev–Trinajstić information content (AvgIpc) is 3.43. The summed E-state index contributed by atoms with van der Waals surface area (Å²) >= 11 is 0. The number of nitrogens with one attached hydrogen (secondary N) is 1. The van der Waals surface area contributed by atoms with E-state index in [9.17, 15) is 34.8 Å². The van der Waals surface area contributed by atoms with Gasteiger partial charge in [0.1, 0.15) is 28.9 Å². The Morgan fingerprint density at radius 3 is 2.51 bits per heavy atom. The summed E-state index contributed by atoms with van der Waals surface area (Å²) in [6.45, 7) is 0.576. The third kappa shape index (κ3) is 4.61. The molecule has 7 N–H and O–H groups in total. The molecule has 1 aromatic heterocycles. The van der Waals surface area contributed by atoms with Crippen LogP contribution in [0.5, 0.6) is 5.75 Å². The number of rotatable bonds is 6. The van der Waals surface area contributed by atoms with Gasteiger partial charge in [0.15, 0.2) is 11.4 Å². The predicted molar refractivity (Wildman–Crippen MR) is 156 cm³/mol. The predicted octanol–water partition coefficient (Wildman–Crippen LogP) is 1.81. The minimum atomic E-state index is -2.68. The topological polar surface area (TPSA) is 187 Å². The van der Waals surface area contributed by atoms with Gasteiger partial charge in [-0.05, 0) is 75.5 Å². The van der Waals surface area contributed by atoms with Crippen molar-refractivity contribution in [2.45, 2.75) is 75.3 Å². The fourth-order valence-corrected chi connectivity index (χ4v) is 8.00. The Labute approximate surface area is 249 Å². The standard InChI is InChI=1S/C32H39N3O8/c1-35(2)26-20-13-15-12-19-18(22-11-8-17(43-22)14-34-16-6-4-3-5-7-16)9-10-21(36)24(19)27(37)23(15)29(39)32(20,42)30(40)25(28(26)38)31(33)41/h8-11,15-16,20,25-26,28,34,36-38,42H,3-7,12-14H2,1-2H3,(H2,33,41)/t15-,20-,25?,26?,28?,32-/m1/s1. The number of carbonyl (C=O) groups is 3. The summed E-state index contributed by atoms with van der Waals surface area (Å²) in [6, 6.07) is 6.37. The molecule has 11 nitrogen and oxygen atoms in total. The highest BCUT2D eigenvalue weighted by atomic mass is 16.3. The van der Waals surface area contributed by atoms with Crippen molar-refractivity contribution in [3.63, 3.8) is 0 Å². The number of phenols is 1. The number of aliphatic hydroxyl groups excluding tert-OH is 2. The lowest BCUT2D eigenvalue weighted by atomic mass is 9.54. The molecule has 4 aliphatic carbocycles. The lowest BCUT2D eigenvalue weighted by Crippen LogP contribution is -2.73. The van der Waals surface area contributed by atoms with Crippen molar-refractivity contribution < 1.29 is 39.2 Å². The van der Waals surface area contributed by atoms with Gasteiger partial charge in [-0.25, -0.2) is 0 Å². The van der Waals surface area contributed by atoms with Crippen molar-refractivity contribution in [1.29, 1.82) is 0 Å². The van der Waals surface area contributed by atoms with E-state index in [1.807, 2.05) is 12.1 Å². The van der Waals surface area contributed by atoms with Crippen LogP contribution < -0.4 is 11.1 Å². The molecule has 4 aliphatic rings. The number of aromatic hydroxyl groups is 1. The maximum atomic E-state index is 14.0. The van der Waals surface area contributed by atoms with Crippen molar-refractivity contribution in [1.82, 2.24) is 10.2 Å². The van der Waals surface area contributed by atoms with E-state index < -0.39 is 58.7 Å². The Morgan fingerprint density at radius 1 is 1.12 bits per heavy atom. The van der Waals surface area contributed by atoms with Gasteiger partial charge in [-0.2, -0.15) is 0 Å². The Kier molecular flexibility index (Phi) is 7.48. The van der Waals surface area contributed by atoms with Crippen molar-refractivity contribution in [2.24, 2.45) is 23.5 Å². The molecule has 3 fully saturated rings. The molecule has 230 valence electrons. The average molecular weight is 594 g/mol. The van der Waals surface area contributed by atoms with Gasteiger partial charge in [-0.1, -0.05) is 19.3 Å². The van der Waals surface area contributed by atoms with Gasteiger partial charge in [0.05, 0.1) is 18.2 Å². The molecule has 2 aromatic rings. The van der Waals surface area contributed by atoms with Crippen LogP contribution in [-0.2, 0) is 27.3 Å². The second-order valence-corrected chi connectivity index (χ2v) is 12.8. The largest absolute Gasteiger partial charge is 0.507 e. The number of carbonyl (C=O) groups excluding carboxylic acids is 3. The summed E-state index contributed by atoms with van der Waals surface area (Å²) in [4.78, 5) is 41.3. The van der Waals surface area contributed by atoms with Gasteiger partial charge in [0, 0.05) is 29.1 Å². The zero-order valence-corrected chi connectivity index (χ0v) is 24.4. The van der Waals surface area contributed by atoms with Crippen LogP contribution in [0, 0.1) is 17.8 Å². The van der Waals surface area contributed by atoms with Crippen LogP contribution in [0.2, 0.25) is 0 Å². The van der Waals surface area contributed by atoms with E-state index in [-0.39, 0.29) is 29.7 Å². The van der Waals surface area contributed by atoms with E-state index in [2.05, 4.69) is 5.32 Å². The fraction of sp³-hybridized carbons (Fsp3) is 0.531. The minimum absolute atomic E-state index is 0.0383. The first-order valence-corrected chi connectivity index (χ1v) is 15.0. The van der Waals surface area contributed by atoms with Crippen molar-refractivity contribution >= 4 is 23.2 Å². The summed E-state index contributed by atoms with van der Waals surface area (Å²) < 4.78 is 6.19. The summed E-state index contributed by atoms with van der Waals surface area (Å²) in [6.07, 6.45) is 4.72. The molecule has 0 aliphatic heterocycles. The van der Waals surface area contributed by atoms with E-state index in [1.54, 1.807) is 25.1 Å². The lowest BCUT2D eigenvalue weighted by Gasteiger charge is -2.53.